The highest BCUT2D eigenvalue weighted by Gasteiger charge is 2.46. The van der Waals surface area contributed by atoms with E-state index in [1.165, 1.54) is 0 Å². The Morgan fingerprint density at radius 3 is 2.38 bits per heavy atom. The largest absolute Gasteiger partial charge is 0.240 e. The predicted octanol–water partition coefficient (Wildman–Crippen LogP) is 6.69. The summed E-state index contributed by atoms with van der Waals surface area (Å²) in [6.07, 6.45) is 5.96. The molecule has 0 nitrogen and oxygen atoms in total. The van der Waals surface area contributed by atoms with Crippen LogP contribution in [0.2, 0.25) is 0 Å². The Morgan fingerprint density at radius 1 is 1.08 bits per heavy atom. The molecule has 0 heterocycles. The third-order valence-corrected chi connectivity index (χ3v) is 5.80. The fraction of sp³-hybridized carbons (Fsp3) is 0.478. The van der Waals surface area contributed by atoms with Gasteiger partial charge in [0.1, 0.15) is 5.83 Å². The van der Waals surface area contributed by atoms with Crippen molar-refractivity contribution < 1.29 is 13.2 Å². The van der Waals surface area contributed by atoms with Crippen LogP contribution >= 0.6 is 0 Å². The molecule has 1 saturated carbocycles. The Morgan fingerprint density at radius 2 is 1.77 bits per heavy atom. The van der Waals surface area contributed by atoms with Crippen LogP contribution in [0, 0.1) is 29.1 Å². The van der Waals surface area contributed by atoms with Crippen molar-refractivity contribution in [2.24, 2.45) is 17.3 Å². The summed E-state index contributed by atoms with van der Waals surface area (Å²) in [5, 5.41) is 0. The minimum Gasteiger partial charge on any atom is -0.240 e. The highest BCUT2D eigenvalue weighted by Crippen LogP contribution is 2.51. The van der Waals surface area contributed by atoms with E-state index in [-0.39, 0.29) is 18.8 Å². The number of allylic oxidation sites excluding steroid dienone is 4. The first-order valence-electron chi connectivity index (χ1n) is 9.43. The van der Waals surface area contributed by atoms with Crippen LogP contribution < -0.4 is 0 Å². The molecular weight excluding hydrogens is 333 g/mol. The van der Waals surface area contributed by atoms with Crippen LogP contribution in [0.3, 0.4) is 0 Å². The Balaban J connectivity index is 1.90. The van der Waals surface area contributed by atoms with Crippen molar-refractivity contribution >= 4 is 0 Å². The van der Waals surface area contributed by atoms with Gasteiger partial charge in [-0.1, -0.05) is 42.2 Å². The van der Waals surface area contributed by atoms with Crippen LogP contribution in [0.5, 0.6) is 0 Å². The molecule has 3 rings (SSSR count). The first-order chi connectivity index (χ1) is 12.5. The monoisotopic (exact) mass is 358 g/mol. The Kier molecular flexibility index (Phi) is 5.91. The fourth-order valence-corrected chi connectivity index (χ4v) is 4.38. The smallest absolute Gasteiger partial charge is 0.165 e. The molecule has 1 aromatic rings. The summed E-state index contributed by atoms with van der Waals surface area (Å²) in [5.74, 6) is 4.73. The van der Waals surface area contributed by atoms with Crippen LogP contribution in [-0.4, -0.2) is 6.17 Å². The fourth-order valence-electron chi connectivity index (χ4n) is 4.38. The van der Waals surface area contributed by atoms with E-state index in [4.69, 9.17) is 0 Å². The van der Waals surface area contributed by atoms with Gasteiger partial charge in [-0.3, -0.25) is 0 Å². The third kappa shape index (κ3) is 4.06. The molecule has 1 fully saturated rings. The molecule has 0 aliphatic heterocycles. The van der Waals surface area contributed by atoms with E-state index >= 15 is 0 Å². The van der Waals surface area contributed by atoms with Gasteiger partial charge in [-0.15, -0.1) is 0 Å². The lowest BCUT2D eigenvalue weighted by atomic mass is 9.61. The Bertz CT molecular complexity index is 730. The Hall–Kier alpha value is -1.95. The summed E-state index contributed by atoms with van der Waals surface area (Å²) < 4.78 is 42.1. The lowest BCUT2D eigenvalue weighted by Crippen LogP contribution is -2.38. The van der Waals surface area contributed by atoms with Gasteiger partial charge in [0, 0.05) is 23.8 Å². The summed E-state index contributed by atoms with van der Waals surface area (Å²) >= 11 is 0. The number of hydrogen-bond donors (Lipinski definition) is 0. The van der Waals surface area contributed by atoms with E-state index in [0.717, 1.165) is 31.2 Å². The molecular formula is C23H25F3. The van der Waals surface area contributed by atoms with Gasteiger partial charge < -0.3 is 0 Å². The number of alkyl halides is 1. The van der Waals surface area contributed by atoms with E-state index in [1.54, 1.807) is 0 Å². The van der Waals surface area contributed by atoms with Crippen LogP contribution in [0.15, 0.2) is 54.1 Å². The van der Waals surface area contributed by atoms with Gasteiger partial charge >= 0.3 is 0 Å². The van der Waals surface area contributed by atoms with Crippen LogP contribution in [-0.2, 0) is 0 Å². The molecule has 2 aliphatic rings. The molecule has 0 spiro atoms. The van der Waals surface area contributed by atoms with E-state index in [1.807, 2.05) is 37.3 Å². The molecule has 1 aromatic carbocycles. The first-order valence-corrected chi connectivity index (χ1v) is 9.43. The van der Waals surface area contributed by atoms with Crippen LogP contribution in [0.25, 0.3) is 0 Å². The second-order valence-electron chi connectivity index (χ2n) is 7.51. The second-order valence-corrected chi connectivity index (χ2v) is 7.51. The van der Waals surface area contributed by atoms with E-state index in [2.05, 4.69) is 24.0 Å². The molecule has 138 valence electrons. The van der Waals surface area contributed by atoms with E-state index in [9.17, 15) is 13.2 Å². The number of benzene rings is 1. The molecule has 2 atom stereocenters. The van der Waals surface area contributed by atoms with Gasteiger partial charge in [-0.25, -0.2) is 13.2 Å². The summed E-state index contributed by atoms with van der Waals surface area (Å²) in [5.41, 5.74) is -0.00384. The quantitative estimate of drug-likeness (QED) is 0.408. The van der Waals surface area contributed by atoms with Crippen LogP contribution in [0.4, 0.5) is 13.2 Å². The van der Waals surface area contributed by atoms with Crippen molar-refractivity contribution in [2.45, 2.75) is 51.6 Å². The highest BCUT2D eigenvalue weighted by molar-refractivity contribution is 5.37. The molecule has 0 saturated heterocycles. The van der Waals surface area contributed by atoms with Crippen LogP contribution in [0.1, 0.15) is 51.0 Å². The van der Waals surface area contributed by atoms with Crippen molar-refractivity contribution in [3.63, 3.8) is 0 Å². The van der Waals surface area contributed by atoms with Gasteiger partial charge in [-0.05, 0) is 56.6 Å². The minimum atomic E-state index is -1.89. The van der Waals surface area contributed by atoms with Crippen molar-refractivity contribution in [2.75, 3.05) is 0 Å². The minimum absolute atomic E-state index is 0.0506. The molecule has 0 amide bonds. The number of halogens is 3. The maximum absolute atomic E-state index is 14.2. The number of rotatable bonds is 2. The van der Waals surface area contributed by atoms with Gasteiger partial charge in [0.25, 0.3) is 0 Å². The molecule has 26 heavy (non-hydrogen) atoms. The summed E-state index contributed by atoms with van der Waals surface area (Å²) in [7, 11) is 0. The second kappa shape index (κ2) is 8.16. The van der Waals surface area contributed by atoms with Gasteiger partial charge in [-0.2, -0.15) is 0 Å². The molecule has 2 aliphatic carbocycles. The zero-order valence-electron chi connectivity index (χ0n) is 15.2. The maximum atomic E-state index is 14.2. The van der Waals surface area contributed by atoms with E-state index in [0.29, 0.717) is 5.92 Å². The predicted molar refractivity (Wildman–Crippen MR) is 99.4 cm³/mol. The zero-order chi connectivity index (χ0) is 18.6. The topological polar surface area (TPSA) is 0 Å². The van der Waals surface area contributed by atoms with Crippen molar-refractivity contribution in [3.05, 3.63) is 59.7 Å². The standard InChI is InChI=1S/C23H25F3/c1-2-6-17-9-11-19(12-10-17)23(14-13-18-7-4-3-5-8-18)15-20(24)22(26)21(25)16-23/h2-8,17,19-20H,9-12,15-16H2,1H3/b6-2+/t17?,19?,20-,23-/m1/s1. The molecule has 0 bridgehead atoms. The maximum Gasteiger partial charge on any atom is 0.165 e. The average molecular weight is 358 g/mol. The Labute approximate surface area is 154 Å². The highest BCUT2D eigenvalue weighted by atomic mass is 19.2. The normalized spacial score (nSPS) is 32.4. The molecule has 3 heteroatoms. The molecule has 0 aromatic heterocycles. The van der Waals surface area contributed by atoms with Gasteiger partial charge in [0.15, 0.2) is 12.0 Å². The lowest BCUT2D eigenvalue weighted by Gasteiger charge is -2.42. The summed E-state index contributed by atoms with van der Waals surface area (Å²) in [6.45, 7) is 2.01. The first kappa shape index (κ1) is 18.8. The molecule has 0 unspecified atom stereocenters. The SMILES string of the molecule is C/C=C/C1CCC([C@@]2(C#Cc3ccccc3)CC(F)=C(F)[C@H](F)C2)CC1. The lowest BCUT2D eigenvalue weighted by molar-refractivity contribution is 0.0929. The van der Waals surface area contributed by atoms with Crippen molar-refractivity contribution in [1.82, 2.24) is 0 Å². The van der Waals surface area contributed by atoms with Crippen molar-refractivity contribution in [3.8, 4) is 11.8 Å². The average Bonchev–Trinajstić information content (AvgIpc) is 2.66. The number of hydrogen-bond acceptors (Lipinski definition) is 0. The molecule has 0 N–H and O–H groups in total. The third-order valence-electron chi connectivity index (χ3n) is 5.80. The zero-order valence-corrected chi connectivity index (χ0v) is 15.2. The van der Waals surface area contributed by atoms with Crippen molar-refractivity contribution in [1.29, 1.82) is 0 Å². The molecule has 0 radical (unpaired) electrons. The summed E-state index contributed by atoms with van der Waals surface area (Å²) in [4.78, 5) is 0. The van der Waals surface area contributed by atoms with Gasteiger partial charge in [0.2, 0.25) is 0 Å². The van der Waals surface area contributed by atoms with Gasteiger partial charge in [0.05, 0.1) is 0 Å². The summed E-state index contributed by atoms with van der Waals surface area (Å²) in [6, 6.07) is 9.44. The van der Waals surface area contributed by atoms with E-state index < -0.39 is 23.2 Å².